The molecule has 0 radical (unpaired) electrons. The van der Waals surface area contributed by atoms with Crippen molar-refractivity contribution in [2.24, 2.45) is 0 Å². The van der Waals surface area contributed by atoms with Crippen LogP contribution >= 0.6 is 0 Å². The Balaban J connectivity index is 1.53. The normalized spacial score (nSPS) is 13.2. The van der Waals surface area contributed by atoms with Gasteiger partial charge in [0, 0.05) is 18.8 Å². The van der Waals surface area contributed by atoms with Crippen molar-refractivity contribution in [1.29, 1.82) is 0 Å². The number of nitrogens with zero attached hydrogens (tertiary/aromatic N) is 1. The standard InChI is InChI=1S/C22H21N/c1-17-7-12-22-21(15-17)13-14-23(22)16-18-8-10-20(11-9-18)19-5-3-2-4-6-19/h2-12,15H,13-14,16H2,1H3. The summed E-state index contributed by atoms with van der Waals surface area (Å²) in [6, 6.07) is 26.4. The Kier molecular flexibility index (Phi) is 3.63. The van der Waals surface area contributed by atoms with Crippen LogP contribution in [-0.4, -0.2) is 6.54 Å². The Labute approximate surface area is 138 Å². The average molecular weight is 299 g/mol. The molecule has 0 atom stereocenters. The van der Waals surface area contributed by atoms with Gasteiger partial charge in [-0.1, -0.05) is 72.3 Å². The van der Waals surface area contributed by atoms with Gasteiger partial charge in [-0.15, -0.1) is 0 Å². The molecule has 0 fully saturated rings. The van der Waals surface area contributed by atoms with Crippen molar-refractivity contribution in [3.05, 3.63) is 89.5 Å². The summed E-state index contributed by atoms with van der Waals surface area (Å²) < 4.78 is 0. The van der Waals surface area contributed by atoms with Gasteiger partial charge in [-0.3, -0.25) is 0 Å². The van der Waals surface area contributed by atoms with E-state index in [9.17, 15) is 0 Å². The average Bonchev–Trinajstić information content (AvgIpc) is 2.98. The second-order valence-electron chi connectivity index (χ2n) is 6.37. The second-order valence-corrected chi connectivity index (χ2v) is 6.37. The molecule has 0 amide bonds. The Hall–Kier alpha value is -2.54. The third-order valence-corrected chi connectivity index (χ3v) is 4.66. The van der Waals surface area contributed by atoms with E-state index >= 15 is 0 Å². The lowest BCUT2D eigenvalue weighted by Gasteiger charge is -2.20. The van der Waals surface area contributed by atoms with Crippen molar-refractivity contribution in [2.75, 3.05) is 11.4 Å². The predicted molar refractivity (Wildman–Crippen MR) is 97.8 cm³/mol. The minimum atomic E-state index is 0.991. The van der Waals surface area contributed by atoms with E-state index in [-0.39, 0.29) is 0 Å². The van der Waals surface area contributed by atoms with E-state index in [1.165, 1.54) is 39.9 Å². The highest BCUT2D eigenvalue weighted by molar-refractivity contribution is 5.64. The van der Waals surface area contributed by atoms with E-state index in [4.69, 9.17) is 0 Å². The van der Waals surface area contributed by atoms with Gasteiger partial charge >= 0.3 is 0 Å². The van der Waals surface area contributed by atoms with Gasteiger partial charge < -0.3 is 4.90 Å². The van der Waals surface area contributed by atoms with Crippen LogP contribution in [0.2, 0.25) is 0 Å². The van der Waals surface area contributed by atoms with Gasteiger partial charge in [-0.2, -0.15) is 0 Å². The monoisotopic (exact) mass is 299 g/mol. The third-order valence-electron chi connectivity index (χ3n) is 4.66. The summed E-state index contributed by atoms with van der Waals surface area (Å²) in [5.74, 6) is 0. The summed E-state index contributed by atoms with van der Waals surface area (Å²) in [6.45, 7) is 4.29. The molecule has 3 aromatic rings. The lowest BCUT2D eigenvalue weighted by molar-refractivity contribution is 0.836. The fraction of sp³-hybridized carbons (Fsp3) is 0.182. The van der Waals surface area contributed by atoms with Crippen molar-refractivity contribution in [2.45, 2.75) is 19.9 Å². The van der Waals surface area contributed by atoms with Crippen molar-refractivity contribution in [3.63, 3.8) is 0 Å². The number of benzene rings is 3. The van der Waals surface area contributed by atoms with Crippen LogP contribution in [0.15, 0.2) is 72.8 Å². The van der Waals surface area contributed by atoms with Crippen molar-refractivity contribution < 1.29 is 0 Å². The van der Waals surface area contributed by atoms with E-state index in [0.717, 1.165) is 13.1 Å². The Bertz CT molecular complexity index is 803. The number of hydrogen-bond acceptors (Lipinski definition) is 1. The number of fused-ring (bicyclic) bond motifs is 1. The van der Waals surface area contributed by atoms with Crippen LogP contribution in [0.4, 0.5) is 5.69 Å². The van der Waals surface area contributed by atoms with Crippen molar-refractivity contribution in [1.82, 2.24) is 0 Å². The summed E-state index contributed by atoms with van der Waals surface area (Å²) in [5.41, 5.74) is 8.19. The summed E-state index contributed by atoms with van der Waals surface area (Å²) in [4.78, 5) is 2.49. The Morgan fingerprint density at radius 2 is 1.57 bits per heavy atom. The fourth-order valence-corrected chi connectivity index (χ4v) is 3.42. The fourth-order valence-electron chi connectivity index (χ4n) is 3.42. The second kappa shape index (κ2) is 5.92. The maximum atomic E-state index is 2.49. The maximum absolute atomic E-state index is 2.49. The van der Waals surface area contributed by atoms with Gasteiger partial charge in [0.05, 0.1) is 0 Å². The Morgan fingerprint density at radius 1 is 0.826 bits per heavy atom. The van der Waals surface area contributed by atoms with E-state index < -0.39 is 0 Å². The Morgan fingerprint density at radius 3 is 2.35 bits per heavy atom. The van der Waals surface area contributed by atoms with Gasteiger partial charge in [0.25, 0.3) is 0 Å². The van der Waals surface area contributed by atoms with Crippen LogP contribution < -0.4 is 4.90 Å². The molecule has 0 N–H and O–H groups in total. The first-order chi connectivity index (χ1) is 11.3. The molecule has 1 heterocycles. The maximum Gasteiger partial charge on any atom is 0.0429 e. The number of aryl methyl sites for hydroxylation is 1. The van der Waals surface area contributed by atoms with E-state index in [1.54, 1.807) is 0 Å². The number of rotatable bonds is 3. The molecule has 1 nitrogen and oxygen atoms in total. The quantitative estimate of drug-likeness (QED) is 0.640. The minimum Gasteiger partial charge on any atom is -0.367 e. The van der Waals surface area contributed by atoms with Crippen molar-refractivity contribution >= 4 is 5.69 Å². The van der Waals surface area contributed by atoms with Gasteiger partial charge in [0.15, 0.2) is 0 Å². The summed E-state index contributed by atoms with van der Waals surface area (Å²) in [5, 5.41) is 0. The van der Waals surface area contributed by atoms with Crippen LogP contribution in [0.1, 0.15) is 16.7 Å². The smallest absolute Gasteiger partial charge is 0.0429 e. The molecule has 0 unspecified atom stereocenters. The molecule has 0 saturated heterocycles. The molecule has 0 aliphatic carbocycles. The zero-order valence-electron chi connectivity index (χ0n) is 13.5. The van der Waals surface area contributed by atoms with E-state index in [0.29, 0.717) is 0 Å². The highest BCUT2D eigenvalue weighted by Gasteiger charge is 2.18. The summed E-state index contributed by atoms with van der Waals surface area (Å²) in [6.07, 6.45) is 1.17. The molecule has 0 aromatic heterocycles. The molecular formula is C22H21N. The molecule has 0 saturated carbocycles. The summed E-state index contributed by atoms with van der Waals surface area (Å²) in [7, 11) is 0. The topological polar surface area (TPSA) is 3.24 Å². The molecule has 0 bridgehead atoms. The molecule has 0 spiro atoms. The lowest BCUT2D eigenvalue weighted by atomic mass is 10.0. The predicted octanol–water partition coefficient (Wildman–Crippen LogP) is 5.22. The molecule has 1 aliphatic rings. The molecule has 3 aromatic carbocycles. The largest absolute Gasteiger partial charge is 0.367 e. The first kappa shape index (κ1) is 14.1. The first-order valence-electron chi connectivity index (χ1n) is 8.28. The van der Waals surface area contributed by atoms with Crippen LogP contribution in [-0.2, 0) is 13.0 Å². The van der Waals surface area contributed by atoms with E-state index in [1.807, 2.05) is 0 Å². The number of hydrogen-bond donors (Lipinski definition) is 0. The third kappa shape index (κ3) is 2.87. The van der Waals surface area contributed by atoms with Gasteiger partial charge in [0.2, 0.25) is 0 Å². The van der Waals surface area contributed by atoms with E-state index in [2.05, 4.69) is 84.6 Å². The zero-order chi connectivity index (χ0) is 15.6. The van der Waals surface area contributed by atoms with Crippen molar-refractivity contribution in [3.8, 4) is 11.1 Å². The van der Waals surface area contributed by atoms with Gasteiger partial charge in [0.1, 0.15) is 0 Å². The van der Waals surface area contributed by atoms with Crippen LogP contribution in [0.5, 0.6) is 0 Å². The zero-order valence-corrected chi connectivity index (χ0v) is 13.5. The molecular weight excluding hydrogens is 278 g/mol. The summed E-state index contributed by atoms with van der Waals surface area (Å²) >= 11 is 0. The molecule has 4 rings (SSSR count). The van der Waals surface area contributed by atoms with Gasteiger partial charge in [-0.05, 0) is 41.7 Å². The molecule has 1 aliphatic heterocycles. The highest BCUT2D eigenvalue weighted by atomic mass is 15.1. The molecule has 114 valence electrons. The van der Waals surface area contributed by atoms with Crippen LogP contribution in [0, 0.1) is 6.92 Å². The molecule has 23 heavy (non-hydrogen) atoms. The first-order valence-corrected chi connectivity index (χ1v) is 8.28. The number of anilines is 1. The lowest BCUT2D eigenvalue weighted by Crippen LogP contribution is -2.19. The van der Waals surface area contributed by atoms with Crippen LogP contribution in [0.3, 0.4) is 0 Å². The van der Waals surface area contributed by atoms with Gasteiger partial charge in [-0.25, -0.2) is 0 Å². The van der Waals surface area contributed by atoms with Crippen LogP contribution in [0.25, 0.3) is 11.1 Å². The SMILES string of the molecule is Cc1ccc2c(c1)CCN2Cc1ccc(-c2ccccc2)cc1. The minimum absolute atomic E-state index is 0.991. The highest BCUT2D eigenvalue weighted by Crippen LogP contribution is 2.30. The molecule has 1 heteroatoms.